The fraction of sp³-hybridized carbons (Fsp3) is 0.917. The number of carbonyl (C=O) groups excluding carboxylic acids is 1. The first kappa shape index (κ1) is 11.9. The Hall–Kier alpha value is -0.610. The first-order valence-corrected chi connectivity index (χ1v) is 6.19. The minimum Gasteiger partial charge on any atom is -0.391 e. The van der Waals surface area contributed by atoms with Crippen LogP contribution in [0.4, 0.5) is 0 Å². The first-order valence-electron chi connectivity index (χ1n) is 6.19. The molecule has 2 rings (SSSR count). The molecule has 2 saturated heterocycles. The highest BCUT2D eigenvalue weighted by Gasteiger charge is 2.44. The molecule has 0 aromatic heterocycles. The highest BCUT2D eigenvalue weighted by Crippen LogP contribution is 2.38. The molecule has 4 unspecified atom stereocenters. The lowest BCUT2D eigenvalue weighted by atomic mass is 9.88. The van der Waals surface area contributed by atoms with Crippen molar-refractivity contribution in [2.45, 2.75) is 51.4 Å². The van der Waals surface area contributed by atoms with E-state index in [0.29, 0.717) is 12.6 Å². The standard InChI is InChI=1S/C12H21NO3/c1-7(2)10(14)6-13-12(15)9-5-8-3-4-11(9)16-8/h7-11,14H,3-6H2,1-2H3,(H,13,15). The summed E-state index contributed by atoms with van der Waals surface area (Å²) in [5.41, 5.74) is 0. The molecule has 4 atom stereocenters. The number of rotatable bonds is 4. The molecular formula is C12H21NO3. The normalized spacial score (nSPS) is 34.4. The second kappa shape index (κ2) is 4.72. The van der Waals surface area contributed by atoms with E-state index in [2.05, 4.69) is 5.32 Å². The Morgan fingerprint density at radius 3 is 2.75 bits per heavy atom. The van der Waals surface area contributed by atoms with Crippen molar-refractivity contribution in [2.75, 3.05) is 6.54 Å². The van der Waals surface area contributed by atoms with Gasteiger partial charge in [-0.3, -0.25) is 4.79 Å². The molecule has 2 fully saturated rings. The van der Waals surface area contributed by atoms with Gasteiger partial charge in [-0.25, -0.2) is 0 Å². The van der Waals surface area contributed by atoms with Crippen molar-refractivity contribution >= 4 is 5.91 Å². The number of aliphatic hydroxyl groups excluding tert-OH is 1. The summed E-state index contributed by atoms with van der Waals surface area (Å²) in [6.07, 6.45) is 2.94. The molecule has 2 N–H and O–H groups in total. The van der Waals surface area contributed by atoms with E-state index in [1.165, 1.54) is 0 Å². The van der Waals surface area contributed by atoms with Gasteiger partial charge in [0, 0.05) is 6.54 Å². The molecule has 0 saturated carbocycles. The average Bonchev–Trinajstić information content (AvgIpc) is 2.86. The lowest BCUT2D eigenvalue weighted by molar-refractivity contribution is -0.127. The van der Waals surface area contributed by atoms with Gasteiger partial charge in [0.15, 0.2) is 0 Å². The summed E-state index contributed by atoms with van der Waals surface area (Å²) in [5, 5.41) is 12.4. The van der Waals surface area contributed by atoms with Crippen molar-refractivity contribution in [2.24, 2.45) is 11.8 Å². The van der Waals surface area contributed by atoms with Crippen LogP contribution in [-0.2, 0) is 9.53 Å². The molecule has 0 aromatic carbocycles. The number of carbonyl (C=O) groups is 1. The van der Waals surface area contributed by atoms with Crippen LogP contribution in [0.2, 0.25) is 0 Å². The molecule has 1 amide bonds. The Balaban J connectivity index is 1.76. The monoisotopic (exact) mass is 227 g/mol. The number of ether oxygens (including phenoxy) is 1. The quantitative estimate of drug-likeness (QED) is 0.743. The Morgan fingerprint density at radius 2 is 2.25 bits per heavy atom. The van der Waals surface area contributed by atoms with Crippen LogP contribution in [0.15, 0.2) is 0 Å². The van der Waals surface area contributed by atoms with Crippen molar-refractivity contribution in [3.05, 3.63) is 0 Å². The Labute approximate surface area is 96.4 Å². The maximum absolute atomic E-state index is 11.9. The number of aliphatic hydroxyl groups is 1. The molecule has 4 nitrogen and oxygen atoms in total. The van der Waals surface area contributed by atoms with Gasteiger partial charge in [-0.05, 0) is 25.2 Å². The molecular weight excluding hydrogens is 206 g/mol. The number of amides is 1. The number of hydrogen-bond donors (Lipinski definition) is 2. The van der Waals surface area contributed by atoms with Gasteiger partial charge in [0.25, 0.3) is 0 Å². The van der Waals surface area contributed by atoms with Gasteiger partial charge in [0.05, 0.1) is 24.2 Å². The van der Waals surface area contributed by atoms with Gasteiger partial charge in [-0.2, -0.15) is 0 Å². The van der Waals surface area contributed by atoms with Crippen molar-refractivity contribution in [3.8, 4) is 0 Å². The summed E-state index contributed by atoms with van der Waals surface area (Å²) in [5.74, 6) is 0.238. The second-order valence-corrected chi connectivity index (χ2v) is 5.27. The van der Waals surface area contributed by atoms with Crippen LogP contribution < -0.4 is 5.32 Å². The van der Waals surface area contributed by atoms with Crippen LogP contribution in [0.25, 0.3) is 0 Å². The third-order valence-corrected chi connectivity index (χ3v) is 3.70. The van der Waals surface area contributed by atoms with Crippen LogP contribution >= 0.6 is 0 Å². The van der Waals surface area contributed by atoms with Gasteiger partial charge in [0.2, 0.25) is 5.91 Å². The summed E-state index contributed by atoms with van der Waals surface area (Å²) in [6, 6.07) is 0. The largest absolute Gasteiger partial charge is 0.391 e. The highest BCUT2D eigenvalue weighted by molar-refractivity contribution is 5.79. The van der Waals surface area contributed by atoms with Crippen LogP contribution in [-0.4, -0.2) is 35.9 Å². The van der Waals surface area contributed by atoms with Crippen LogP contribution in [0.3, 0.4) is 0 Å². The molecule has 16 heavy (non-hydrogen) atoms. The van der Waals surface area contributed by atoms with Crippen molar-refractivity contribution in [3.63, 3.8) is 0 Å². The van der Waals surface area contributed by atoms with Crippen LogP contribution in [0, 0.1) is 11.8 Å². The van der Waals surface area contributed by atoms with Crippen molar-refractivity contribution in [1.82, 2.24) is 5.32 Å². The van der Waals surface area contributed by atoms with E-state index in [9.17, 15) is 9.90 Å². The summed E-state index contributed by atoms with van der Waals surface area (Å²) < 4.78 is 5.64. The average molecular weight is 227 g/mol. The molecule has 2 aliphatic rings. The number of fused-ring (bicyclic) bond motifs is 2. The van der Waals surface area contributed by atoms with Gasteiger partial charge < -0.3 is 15.2 Å². The zero-order valence-electron chi connectivity index (χ0n) is 9.98. The summed E-state index contributed by atoms with van der Waals surface area (Å²) in [7, 11) is 0. The van der Waals surface area contributed by atoms with E-state index in [1.54, 1.807) is 0 Å². The van der Waals surface area contributed by atoms with Crippen molar-refractivity contribution < 1.29 is 14.6 Å². The van der Waals surface area contributed by atoms with Gasteiger partial charge in [0.1, 0.15) is 0 Å². The molecule has 2 bridgehead atoms. The number of hydrogen-bond acceptors (Lipinski definition) is 3. The zero-order chi connectivity index (χ0) is 11.7. The molecule has 0 aliphatic carbocycles. The van der Waals surface area contributed by atoms with E-state index in [-0.39, 0.29) is 23.8 Å². The molecule has 0 radical (unpaired) electrons. The second-order valence-electron chi connectivity index (χ2n) is 5.27. The van der Waals surface area contributed by atoms with Crippen LogP contribution in [0.1, 0.15) is 33.1 Å². The topological polar surface area (TPSA) is 58.6 Å². The van der Waals surface area contributed by atoms with E-state index < -0.39 is 6.10 Å². The Kier molecular flexibility index (Phi) is 3.50. The molecule has 92 valence electrons. The maximum atomic E-state index is 11.9. The predicted molar refractivity (Wildman–Crippen MR) is 59.9 cm³/mol. The molecule has 2 heterocycles. The lowest BCUT2D eigenvalue weighted by Crippen LogP contribution is -2.41. The molecule has 0 aromatic rings. The first-order chi connectivity index (χ1) is 7.58. The fourth-order valence-corrected chi connectivity index (χ4v) is 2.49. The highest BCUT2D eigenvalue weighted by atomic mass is 16.5. The Morgan fingerprint density at radius 1 is 1.50 bits per heavy atom. The zero-order valence-corrected chi connectivity index (χ0v) is 9.98. The fourth-order valence-electron chi connectivity index (χ4n) is 2.49. The van der Waals surface area contributed by atoms with E-state index in [4.69, 9.17) is 4.74 Å². The SMILES string of the molecule is CC(C)C(O)CNC(=O)C1CC2CCC1O2. The number of nitrogens with one attached hydrogen (secondary N) is 1. The summed E-state index contributed by atoms with van der Waals surface area (Å²) in [4.78, 5) is 11.9. The van der Waals surface area contributed by atoms with E-state index >= 15 is 0 Å². The van der Waals surface area contributed by atoms with Crippen LogP contribution in [0.5, 0.6) is 0 Å². The summed E-state index contributed by atoms with van der Waals surface area (Å²) >= 11 is 0. The minimum atomic E-state index is -0.455. The third kappa shape index (κ3) is 2.38. The minimum absolute atomic E-state index is 0.0121. The van der Waals surface area contributed by atoms with Crippen molar-refractivity contribution in [1.29, 1.82) is 0 Å². The Bertz CT molecular complexity index is 267. The summed E-state index contributed by atoms with van der Waals surface area (Å²) in [6.45, 7) is 4.24. The molecule has 0 spiro atoms. The smallest absolute Gasteiger partial charge is 0.225 e. The van der Waals surface area contributed by atoms with Gasteiger partial charge in [-0.15, -0.1) is 0 Å². The predicted octanol–water partition coefficient (Wildman–Crippen LogP) is 0.687. The third-order valence-electron chi connectivity index (χ3n) is 3.70. The molecule has 2 aliphatic heterocycles. The van der Waals surface area contributed by atoms with E-state index in [0.717, 1.165) is 19.3 Å². The molecule has 4 heteroatoms. The van der Waals surface area contributed by atoms with Gasteiger partial charge in [-0.1, -0.05) is 13.8 Å². The maximum Gasteiger partial charge on any atom is 0.225 e. The van der Waals surface area contributed by atoms with Gasteiger partial charge >= 0.3 is 0 Å². The lowest BCUT2D eigenvalue weighted by Gasteiger charge is -2.20. The van der Waals surface area contributed by atoms with E-state index in [1.807, 2.05) is 13.8 Å².